The second-order valence-electron chi connectivity index (χ2n) is 8.32. The van der Waals surface area contributed by atoms with Gasteiger partial charge in [0.15, 0.2) is 5.76 Å². The van der Waals surface area contributed by atoms with Crippen molar-refractivity contribution in [2.75, 3.05) is 19.6 Å². The van der Waals surface area contributed by atoms with Gasteiger partial charge in [-0.1, -0.05) is 18.2 Å². The second kappa shape index (κ2) is 8.03. The Kier molecular flexibility index (Phi) is 5.09. The zero-order valence-electron chi connectivity index (χ0n) is 17.1. The van der Waals surface area contributed by atoms with Crippen molar-refractivity contribution in [2.45, 2.75) is 31.7 Å². The molecule has 3 aliphatic heterocycles. The number of aromatic nitrogens is 2. The Morgan fingerprint density at radius 2 is 2.07 bits per heavy atom. The monoisotopic (exact) mass is 402 g/mol. The van der Waals surface area contributed by atoms with Gasteiger partial charge in [-0.15, -0.1) is 0 Å². The van der Waals surface area contributed by atoms with Gasteiger partial charge in [0, 0.05) is 36.3 Å². The van der Waals surface area contributed by atoms with E-state index < -0.39 is 0 Å². The van der Waals surface area contributed by atoms with Gasteiger partial charge in [-0.2, -0.15) is 0 Å². The lowest BCUT2D eigenvalue weighted by Crippen LogP contribution is -2.56. The molecule has 3 fully saturated rings. The lowest BCUT2D eigenvalue weighted by atomic mass is 9.74. The molecule has 1 aromatic carbocycles. The molecule has 0 aliphatic carbocycles. The Bertz CT molecular complexity index is 1020. The molecule has 1 amide bonds. The molecule has 6 nitrogen and oxygen atoms in total. The van der Waals surface area contributed by atoms with E-state index in [0.717, 1.165) is 42.5 Å². The van der Waals surface area contributed by atoms with E-state index in [2.05, 4.69) is 21.3 Å². The molecule has 0 radical (unpaired) electrons. The van der Waals surface area contributed by atoms with E-state index >= 15 is 0 Å². The first-order valence-electron chi connectivity index (χ1n) is 10.6. The summed E-state index contributed by atoms with van der Waals surface area (Å²) in [5.74, 6) is 2.54. The van der Waals surface area contributed by atoms with Crippen LogP contribution in [0.2, 0.25) is 0 Å². The number of nitrogens with zero attached hydrogens (tertiary/aromatic N) is 3. The number of benzene rings is 1. The van der Waals surface area contributed by atoms with Crippen LogP contribution in [-0.2, 0) is 0 Å². The minimum atomic E-state index is 0.00399. The smallest absolute Gasteiger partial charge is 0.251 e. The third kappa shape index (κ3) is 3.75. The number of amides is 1. The molecule has 3 aromatic rings. The van der Waals surface area contributed by atoms with Gasteiger partial charge in [-0.05, 0) is 62.6 Å². The highest BCUT2D eigenvalue weighted by molar-refractivity contribution is 5.94. The van der Waals surface area contributed by atoms with E-state index in [4.69, 9.17) is 9.40 Å². The average molecular weight is 402 g/mol. The fourth-order valence-electron chi connectivity index (χ4n) is 4.92. The number of rotatable bonds is 5. The largest absolute Gasteiger partial charge is 0.463 e. The standard InChI is InChI=1S/C24H26N4O2/c1-16-26-21(13-22(27-16)23-8-5-11-30-23)20-15-28-10-9-18(20)12-19(28)14-25-24(29)17-6-3-2-4-7-17/h2-8,11,13,18-20H,9-10,12,14-15H2,1H3,(H,25,29)/t18-,19+,20-/m0/s1. The van der Waals surface area contributed by atoms with Crippen LogP contribution < -0.4 is 5.32 Å². The van der Waals surface area contributed by atoms with Crippen LogP contribution in [-0.4, -0.2) is 46.5 Å². The zero-order chi connectivity index (χ0) is 20.5. The maximum Gasteiger partial charge on any atom is 0.251 e. The number of hydrogen-bond donors (Lipinski definition) is 1. The molecule has 4 atom stereocenters. The molecule has 5 heterocycles. The first kappa shape index (κ1) is 19.0. The molecule has 0 spiro atoms. The molecule has 154 valence electrons. The summed E-state index contributed by atoms with van der Waals surface area (Å²) in [7, 11) is 0. The van der Waals surface area contributed by atoms with Crippen molar-refractivity contribution in [3.05, 3.63) is 71.9 Å². The predicted molar refractivity (Wildman–Crippen MR) is 114 cm³/mol. The normalized spacial score (nSPS) is 25.2. The highest BCUT2D eigenvalue weighted by atomic mass is 16.3. The van der Waals surface area contributed by atoms with Crippen LogP contribution in [0, 0.1) is 12.8 Å². The van der Waals surface area contributed by atoms with Crippen molar-refractivity contribution in [1.29, 1.82) is 0 Å². The number of nitrogens with one attached hydrogen (secondary N) is 1. The fourth-order valence-corrected chi connectivity index (χ4v) is 4.92. The van der Waals surface area contributed by atoms with Crippen LogP contribution >= 0.6 is 0 Å². The molecule has 1 N–H and O–H groups in total. The highest BCUT2D eigenvalue weighted by Gasteiger charge is 2.41. The van der Waals surface area contributed by atoms with Crippen LogP contribution in [0.4, 0.5) is 0 Å². The van der Waals surface area contributed by atoms with Crippen LogP contribution in [0.3, 0.4) is 0 Å². The van der Waals surface area contributed by atoms with Crippen molar-refractivity contribution in [3.8, 4) is 11.5 Å². The van der Waals surface area contributed by atoms with Gasteiger partial charge < -0.3 is 9.73 Å². The maximum atomic E-state index is 12.4. The number of carbonyl (C=O) groups is 1. The third-order valence-corrected chi connectivity index (χ3v) is 6.42. The van der Waals surface area contributed by atoms with Crippen LogP contribution in [0.25, 0.3) is 11.5 Å². The predicted octanol–water partition coefficient (Wildman–Crippen LogP) is 3.65. The number of furan rings is 1. The topological polar surface area (TPSA) is 71.3 Å². The van der Waals surface area contributed by atoms with Gasteiger partial charge >= 0.3 is 0 Å². The minimum absolute atomic E-state index is 0.00399. The van der Waals surface area contributed by atoms with Gasteiger partial charge in [-0.25, -0.2) is 9.97 Å². The first-order chi connectivity index (χ1) is 14.7. The molecular weight excluding hydrogens is 376 g/mol. The molecule has 1 unspecified atom stereocenters. The van der Waals surface area contributed by atoms with Crippen molar-refractivity contribution >= 4 is 5.91 Å². The quantitative estimate of drug-likeness (QED) is 0.705. The SMILES string of the molecule is Cc1nc(-c2ccco2)cc([C@H]2CN3CC[C@H]2C[C@@H]3CNC(=O)c2ccccc2)n1. The molecule has 2 aromatic heterocycles. The minimum Gasteiger partial charge on any atom is -0.463 e. The number of hydrogen-bond acceptors (Lipinski definition) is 5. The van der Waals surface area contributed by atoms with Crippen molar-refractivity contribution in [2.24, 2.45) is 5.92 Å². The summed E-state index contributed by atoms with van der Waals surface area (Å²) < 4.78 is 5.55. The third-order valence-electron chi connectivity index (χ3n) is 6.42. The zero-order valence-corrected chi connectivity index (χ0v) is 17.1. The lowest BCUT2D eigenvalue weighted by Gasteiger charge is -2.49. The number of carbonyl (C=O) groups excluding carboxylic acids is 1. The summed E-state index contributed by atoms with van der Waals surface area (Å²) in [6.07, 6.45) is 3.93. The first-order valence-corrected chi connectivity index (χ1v) is 10.6. The number of fused-ring (bicyclic) bond motifs is 3. The summed E-state index contributed by atoms with van der Waals surface area (Å²) >= 11 is 0. The number of aryl methyl sites for hydroxylation is 1. The molecular formula is C24H26N4O2. The Balaban J connectivity index is 1.27. The second-order valence-corrected chi connectivity index (χ2v) is 8.32. The van der Waals surface area contributed by atoms with E-state index in [1.54, 1.807) is 6.26 Å². The fraction of sp³-hybridized carbons (Fsp3) is 0.375. The van der Waals surface area contributed by atoms with Gasteiger partial charge in [0.1, 0.15) is 11.5 Å². The van der Waals surface area contributed by atoms with Gasteiger partial charge in [0.2, 0.25) is 0 Å². The number of piperidine rings is 3. The summed E-state index contributed by atoms with van der Waals surface area (Å²) in [6.45, 7) is 4.70. The Hall–Kier alpha value is -2.99. The van der Waals surface area contributed by atoms with Crippen molar-refractivity contribution < 1.29 is 9.21 Å². The van der Waals surface area contributed by atoms with E-state index in [1.165, 1.54) is 6.42 Å². The summed E-state index contributed by atoms with van der Waals surface area (Å²) in [6, 6.07) is 15.7. The van der Waals surface area contributed by atoms with E-state index in [1.807, 2.05) is 49.4 Å². The molecule has 30 heavy (non-hydrogen) atoms. The lowest BCUT2D eigenvalue weighted by molar-refractivity contribution is 0.0290. The van der Waals surface area contributed by atoms with E-state index in [-0.39, 0.29) is 5.91 Å². The Labute approximate surface area is 176 Å². The average Bonchev–Trinajstić information content (AvgIpc) is 3.33. The highest BCUT2D eigenvalue weighted by Crippen LogP contribution is 2.41. The summed E-state index contributed by atoms with van der Waals surface area (Å²) in [5, 5.41) is 3.13. The van der Waals surface area contributed by atoms with Gasteiger partial charge in [-0.3, -0.25) is 9.69 Å². The summed E-state index contributed by atoms with van der Waals surface area (Å²) in [5.41, 5.74) is 2.68. The summed E-state index contributed by atoms with van der Waals surface area (Å²) in [4.78, 5) is 24.3. The molecule has 3 aliphatic rings. The molecule has 0 saturated carbocycles. The van der Waals surface area contributed by atoms with E-state index in [0.29, 0.717) is 30.0 Å². The molecule has 2 bridgehead atoms. The molecule has 6 heteroatoms. The Morgan fingerprint density at radius 3 is 2.80 bits per heavy atom. The van der Waals surface area contributed by atoms with Crippen LogP contribution in [0.5, 0.6) is 0 Å². The Morgan fingerprint density at radius 1 is 1.20 bits per heavy atom. The van der Waals surface area contributed by atoms with Gasteiger partial charge in [0.05, 0.1) is 6.26 Å². The van der Waals surface area contributed by atoms with E-state index in [9.17, 15) is 4.79 Å². The molecule has 3 saturated heterocycles. The van der Waals surface area contributed by atoms with Gasteiger partial charge in [0.25, 0.3) is 5.91 Å². The van der Waals surface area contributed by atoms with Crippen LogP contribution in [0.1, 0.15) is 40.6 Å². The van der Waals surface area contributed by atoms with Crippen molar-refractivity contribution in [3.63, 3.8) is 0 Å². The van der Waals surface area contributed by atoms with Crippen molar-refractivity contribution in [1.82, 2.24) is 20.2 Å². The maximum absolute atomic E-state index is 12.4. The van der Waals surface area contributed by atoms with Crippen LogP contribution in [0.15, 0.2) is 59.2 Å². The molecule has 6 rings (SSSR count).